The highest BCUT2D eigenvalue weighted by Gasteiger charge is 2.44. The van der Waals surface area contributed by atoms with E-state index in [9.17, 15) is 0 Å². The minimum Gasteiger partial charge on any atom is -0.391 e. The zero-order chi connectivity index (χ0) is 19.1. The van der Waals surface area contributed by atoms with Gasteiger partial charge in [-0.15, -0.1) is 0 Å². The molecule has 0 amide bonds. The lowest BCUT2D eigenvalue weighted by Gasteiger charge is -2.38. The number of nitrogens with one attached hydrogen (secondary N) is 1. The molecule has 6 heteroatoms. The Labute approximate surface area is 165 Å². The van der Waals surface area contributed by atoms with Crippen LogP contribution in [0, 0.1) is 11.3 Å². The maximum atomic E-state index is 8.89. The van der Waals surface area contributed by atoms with E-state index in [1.54, 1.807) is 18.3 Å². The molecule has 1 aromatic carbocycles. The molecule has 1 saturated carbocycles. The van der Waals surface area contributed by atoms with Crippen LogP contribution in [0.4, 0.5) is 0 Å². The summed E-state index contributed by atoms with van der Waals surface area (Å²) < 4.78 is 0. The molecule has 1 aromatic heterocycles. The molecule has 1 unspecified atom stereocenters. The van der Waals surface area contributed by atoms with Gasteiger partial charge < -0.3 is 10.2 Å². The van der Waals surface area contributed by atoms with Crippen LogP contribution in [-0.2, 0) is 16.9 Å². The summed E-state index contributed by atoms with van der Waals surface area (Å²) >= 11 is 5.71. The Morgan fingerprint density at radius 1 is 1.33 bits per heavy atom. The highest BCUT2D eigenvalue weighted by atomic mass is 32.1. The molecule has 0 radical (unpaired) electrons. The van der Waals surface area contributed by atoms with Gasteiger partial charge in [0.2, 0.25) is 0 Å². The van der Waals surface area contributed by atoms with Gasteiger partial charge in [0.1, 0.15) is 6.61 Å². The quantitative estimate of drug-likeness (QED) is 0.631. The molecule has 27 heavy (non-hydrogen) atoms. The van der Waals surface area contributed by atoms with Gasteiger partial charge in [-0.2, -0.15) is 5.26 Å². The lowest BCUT2D eigenvalue weighted by molar-refractivity contribution is 0.127. The number of benzene rings is 1. The molecule has 1 fully saturated rings. The van der Waals surface area contributed by atoms with Crippen molar-refractivity contribution in [2.75, 3.05) is 7.05 Å². The molecule has 1 heterocycles. The Bertz CT molecular complexity index is 858. The summed E-state index contributed by atoms with van der Waals surface area (Å²) in [7, 11) is 1.85. The number of nitrogens with zero attached hydrogens (tertiary/aromatic N) is 3. The fraction of sp³-hybridized carbons (Fsp3) is 0.333. The summed E-state index contributed by atoms with van der Waals surface area (Å²) in [5.41, 5.74) is 3.12. The smallest absolute Gasteiger partial charge is 0.142 e. The average Bonchev–Trinajstić information content (AvgIpc) is 2.74. The Balaban J connectivity index is 1.86. The standard InChI is InChI=1S/C21H22N4OS/c1-23-20(27)21(18-5-4-12-24-14-18)11-3-2-6-19(21)25-26-15-17-9-7-16(13-22)8-10-17/h4-5,7-10,12,14H,2-3,6,11,15H2,1H3,(H,23,27). The van der Waals surface area contributed by atoms with Crippen molar-refractivity contribution < 1.29 is 4.84 Å². The largest absolute Gasteiger partial charge is 0.391 e. The third-order valence-electron chi connectivity index (χ3n) is 4.97. The number of hydrogen-bond acceptors (Lipinski definition) is 5. The molecule has 138 valence electrons. The highest BCUT2D eigenvalue weighted by molar-refractivity contribution is 7.80. The second kappa shape index (κ2) is 8.74. The number of hydrogen-bond donors (Lipinski definition) is 1. The van der Waals surface area contributed by atoms with Gasteiger partial charge in [-0.3, -0.25) is 4.98 Å². The molecule has 3 rings (SSSR count). The van der Waals surface area contributed by atoms with Gasteiger partial charge in [0.25, 0.3) is 0 Å². The summed E-state index contributed by atoms with van der Waals surface area (Å²) in [6.07, 6.45) is 7.49. The molecule has 1 aliphatic rings. The first-order valence-corrected chi connectivity index (χ1v) is 9.42. The van der Waals surface area contributed by atoms with E-state index in [-0.39, 0.29) is 0 Å². The van der Waals surface area contributed by atoms with Crippen molar-refractivity contribution in [2.24, 2.45) is 5.16 Å². The van der Waals surface area contributed by atoms with Gasteiger partial charge in [-0.05, 0) is 48.6 Å². The lowest BCUT2D eigenvalue weighted by Crippen LogP contribution is -2.50. The second-order valence-corrected chi connectivity index (χ2v) is 6.96. The minimum atomic E-state index is -0.471. The van der Waals surface area contributed by atoms with E-state index < -0.39 is 5.41 Å². The van der Waals surface area contributed by atoms with Gasteiger partial charge in [0.05, 0.1) is 27.7 Å². The van der Waals surface area contributed by atoms with Crippen LogP contribution in [-0.4, -0.2) is 22.7 Å². The van der Waals surface area contributed by atoms with Crippen molar-refractivity contribution >= 4 is 22.9 Å². The van der Waals surface area contributed by atoms with Gasteiger partial charge in [0.15, 0.2) is 0 Å². The van der Waals surface area contributed by atoms with Crippen LogP contribution in [0.25, 0.3) is 0 Å². The predicted molar refractivity (Wildman–Crippen MR) is 109 cm³/mol. The van der Waals surface area contributed by atoms with Crippen molar-refractivity contribution in [3.8, 4) is 6.07 Å². The Hall–Kier alpha value is -2.78. The van der Waals surface area contributed by atoms with Crippen molar-refractivity contribution in [1.82, 2.24) is 10.3 Å². The van der Waals surface area contributed by atoms with Gasteiger partial charge >= 0.3 is 0 Å². The summed E-state index contributed by atoms with van der Waals surface area (Å²) in [5.74, 6) is 0. The molecular formula is C21H22N4OS. The summed E-state index contributed by atoms with van der Waals surface area (Å²) in [4.78, 5) is 10.7. The van der Waals surface area contributed by atoms with Gasteiger partial charge in [-0.25, -0.2) is 0 Å². The number of aromatic nitrogens is 1. The summed E-state index contributed by atoms with van der Waals surface area (Å²) in [6.45, 7) is 0.352. The normalized spacial score (nSPS) is 20.7. The Morgan fingerprint density at radius 2 is 2.15 bits per heavy atom. The number of rotatable bonds is 5. The second-order valence-electron chi connectivity index (χ2n) is 6.55. The third-order valence-corrected chi connectivity index (χ3v) is 5.52. The van der Waals surface area contributed by atoms with Crippen LogP contribution < -0.4 is 5.32 Å². The van der Waals surface area contributed by atoms with E-state index in [2.05, 4.69) is 27.6 Å². The third kappa shape index (κ3) is 3.99. The monoisotopic (exact) mass is 378 g/mol. The molecule has 0 saturated heterocycles. The molecule has 1 atom stereocenters. The Morgan fingerprint density at radius 3 is 2.81 bits per heavy atom. The van der Waals surface area contributed by atoms with Crippen molar-refractivity contribution in [3.05, 3.63) is 65.5 Å². The van der Waals surface area contributed by atoms with Crippen LogP contribution in [0.3, 0.4) is 0 Å². The zero-order valence-corrected chi connectivity index (χ0v) is 16.1. The molecule has 1 aliphatic carbocycles. The molecule has 5 nitrogen and oxygen atoms in total. The van der Waals surface area contributed by atoms with Crippen LogP contribution in [0.5, 0.6) is 0 Å². The van der Waals surface area contributed by atoms with Gasteiger partial charge in [-0.1, -0.05) is 42.0 Å². The maximum absolute atomic E-state index is 8.89. The average molecular weight is 379 g/mol. The van der Waals surface area contributed by atoms with E-state index in [4.69, 9.17) is 22.3 Å². The Kier molecular flexibility index (Phi) is 6.15. The molecule has 0 bridgehead atoms. The first kappa shape index (κ1) is 19.0. The van der Waals surface area contributed by atoms with Gasteiger partial charge in [0, 0.05) is 19.4 Å². The molecule has 0 spiro atoms. The van der Waals surface area contributed by atoms with Crippen molar-refractivity contribution in [2.45, 2.75) is 37.7 Å². The zero-order valence-electron chi connectivity index (χ0n) is 15.3. The molecule has 0 aliphatic heterocycles. The fourth-order valence-electron chi connectivity index (χ4n) is 3.54. The molecule has 1 N–H and O–H groups in total. The fourth-order valence-corrected chi connectivity index (χ4v) is 3.88. The molecule has 2 aromatic rings. The SMILES string of the molecule is CNC(=S)C1(c2cccnc2)CCCCC1=NOCc1ccc(C#N)cc1. The topological polar surface area (TPSA) is 70.3 Å². The van der Waals surface area contributed by atoms with Crippen LogP contribution in [0.15, 0.2) is 53.9 Å². The lowest BCUT2D eigenvalue weighted by atomic mass is 9.68. The number of thiocarbonyl (C=S) groups is 1. The number of nitriles is 1. The van der Waals surface area contributed by atoms with E-state index in [1.165, 1.54) is 0 Å². The number of pyridine rings is 1. The number of oxime groups is 1. The predicted octanol–water partition coefficient (Wildman–Crippen LogP) is 3.88. The van der Waals surface area contributed by atoms with Crippen molar-refractivity contribution in [1.29, 1.82) is 5.26 Å². The summed E-state index contributed by atoms with van der Waals surface area (Å²) in [6, 6.07) is 13.4. The minimum absolute atomic E-state index is 0.352. The van der Waals surface area contributed by atoms with Crippen LogP contribution >= 0.6 is 12.2 Å². The van der Waals surface area contributed by atoms with E-state index in [1.807, 2.05) is 31.4 Å². The number of likely N-dealkylation sites (N-methyl/N-ethyl adjacent to an activating group) is 1. The van der Waals surface area contributed by atoms with Crippen LogP contribution in [0.1, 0.15) is 42.4 Å². The van der Waals surface area contributed by atoms with Crippen molar-refractivity contribution in [3.63, 3.8) is 0 Å². The van der Waals surface area contributed by atoms with E-state index in [0.29, 0.717) is 12.2 Å². The van der Waals surface area contributed by atoms with E-state index in [0.717, 1.165) is 47.5 Å². The highest BCUT2D eigenvalue weighted by Crippen LogP contribution is 2.38. The maximum Gasteiger partial charge on any atom is 0.142 e. The van der Waals surface area contributed by atoms with E-state index >= 15 is 0 Å². The molecular weight excluding hydrogens is 356 g/mol. The first-order chi connectivity index (χ1) is 13.2. The summed E-state index contributed by atoms with van der Waals surface area (Å²) in [5, 5.41) is 16.6. The first-order valence-electron chi connectivity index (χ1n) is 9.02. The van der Waals surface area contributed by atoms with Crippen LogP contribution in [0.2, 0.25) is 0 Å².